The first kappa shape index (κ1) is 25.9. The molecule has 1 aromatic carbocycles. The highest BCUT2D eigenvalue weighted by Crippen LogP contribution is 2.42. The largest absolute Gasteiger partial charge is 0.394 e. The van der Waals surface area contributed by atoms with E-state index in [-0.39, 0.29) is 17.1 Å². The predicted molar refractivity (Wildman–Crippen MR) is 126 cm³/mol. The van der Waals surface area contributed by atoms with Crippen molar-refractivity contribution in [2.75, 3.05) is 13.7 Å². The van der Waals surface area contributed by atoms with E-state index in [1.54, 1.807) is 6.07 Å². The zero-order valence-corrected chi connectivity index (χ0v) is 21.0. The lowest BCUT2D eigenvalue weighted by molar-refractivity contribution is -0.186. The summed E-state index contributed by atoms with van der Waals surface area (Å²) in [6.45, 7) is 6.87. The molecule has 4 rings (SSSR count). The Morgan fingerprint density at radius 3 is 2.69 bits per heavy atom. The molecule has 3 aromatic rings. The molecule has 1 aliphatic rings. The van der Waals surface area contributed by atoms with Crippen LogP contribution < -0.4 is 0 Å². The molecule has 2 unspecified atom stereocenters. The number of methoxy groups -OCH3 is 1. The molecule has 1 aliphatic heterocycles. The van der Waals surface area contributed by atoms with Crippen molar-refractivity contribution in [2.45, 2.75) is 34.7 Å². The maximum atomic E-state index is 13.9. The minimum atomic E-state index is -1.27. The number of hydrogen-bond donors (Lipinski definition) is 2. The van der Waals surface area contributed by atoms with Crippen LogP contribution in [0.15, 0.2) is 40.0 Å². The van der Waals surface area contributed by atoms with E-state index < -0.39 is 53.1 Å². The maximum Gasteiger partial charge on any atom is 0.283 e. The molecule has 1 fully saturated rings. The van der Waals surface area contributed by atoms with Crippen LogP contribution in [0.25, 0.3) is 16.1 Å². The van der Waals surface area contributed by atoms with Crippen LogP contribution in [0.2, 0.25) is 5.02 Å². The fourth-order valence-corrected chi connectivity index (χ4v) is 5.52. The van der Waals surface area contributed by atoms with Gasteiger partial charge in [-0.3, -0.25) is 0 Å². The minimum Gasteiger partial charge on any atom is -0.394 e. The Morgan fingerprint density at radius 2 is 2.06 bits per heavy atom. The maximum absolute atomic E-state index is 13.9. The number of ether oxygens (including phenoxy) is 2. The molecule has 9 nitrogen and oxygen atoms in total. The lowest BCUT2D eigenvalue weighted by atomic mass is 9.97. The van der Waals surface area contributed by atoms with Gasteiger partial charge in [-0.25, -0.2) is 13.5 Å². The Kier molecular flexibility index (Phi) is 8.02. The number of aliphatic hydroxyl groups excluding tert-OH is 2. The van der Waals surface area contributed by atoms with Gasteiger partial charge >= 0.3 is 0 Å². The lowest BCUT2D eigenvalue weighted by Gasteiger charge is -2.43. The number of aliphatic hydroxyl groups is 2. The van der Waals surface area contributed by atoms with Gasteiger partial charge in [0.05, 0.1) is 17.3 Å². The molecule has 3 heterocycles. The van der Waals surface area contributed by atoms with E-state index in [4.69, 9.17) is 27.6 Å². The number of hydrogen-bond acceptors (Lipinski definition) is 8. The zero-order valence-electron chi connectivity index (χ0n) is 17.8. The molecular weight excluding hydrogens is 572 g/mol. The Morgan fingerprint density at radius 1 is 1.34 bits per heavy atom. The van der Waals surface area contributed by atoms with Gasteiger partial charge in [0.2, 0.25) is 0 Å². The van der Waals surface area contributed by atoms with Crippen molar-refractivity contribution in [1.82, 2.24) is 20.0 Å². The smallest absolute Gasteiger partial charge is 0.283 e. The topological polar surface area (TPSA) is 107 Å². The highest BCUT2D eigenvalue weighted by Gasteiger charge is 2.47. The van der Waals surface area contributed by atoms with Gasteiger partial charge in [0.25, 0.3) is 5.82 Å². The molecule has 0 amide bonds. The van der Waals surface area contributed by atoms with Crippen molar-refractivity contribution in [1.29, 1.82) is 0 Å². The van der Waals surface area contributed by atoms with E-state index in [0.717, 1.165) is 23.9 Å². The molecule has 2 N–H and O–H groups in total. The monoisotopic (exact) mass is 587 g/mol. The number of pyridine rings is 1. The van der Waals surface area contributed by atoms with E-state index in [1.807, 2.05) is 0 Å². The van der Waals surface area contributed by atoms with Crippen LogP contribution in [0.3, 0.4) is 0 Å². The number of thioether (sulfide) groups is 1. The molecule has 35 heavy (non-hydrogen) atoms. The Bertz CT molecular complexity index is 1260. The van der Waals surface area contributed by atoms with Gasteiger partial charge in [-0.1, -0.05) is 23.4 Å². The minimum absolute atomic E-state index is 0.0951. The molecule has 0 saturated carbocycles. The summed E-state index contributed by atoms with van der Waals surface area (Å²) in [5.41, 5.74) is -0.567. The van der Waals surface area contributed by atoms with Crippen LogP contribution in [-0.4, -0.2) is 67.7 Å². The van der Waals surface area contributed by atoms with E-state index in [0.29, 0.717) is 9.37 Å². The van der Waals surface area contributed by atoms with Crippen molar-refractivity contribution in [3.05, 3.63) is 63.1 Å². The second kappa shape index (κ2) is 10.8. The summed E-state index contributed by atoms with van der Waals surface area (Å²) < 4.78 is 41.4. The number of benzene rings is 1. The first-order valence-corrected chi connectivity index (χ1v) is 12.1. The highest BCUT2D eigenvalue weighted by atomic mass is 79.9. The summed E-state index contributed by atoms with van der Waals surface area (Å²) in [4.78, 5) is 8.01. The fraction of sp³-hybridized carbons (Fsp3) is 0.333. The van der Waals surface area contributed by atoms with E-state index in [2.05, 4.69) is 36.1 Å². The predicted octanol–water partition coefficient (Wildman–Crippen LogP) is 4.01. The summed E-state index contributed by atoms with van der Waals surface area (Å²) in [6.07, 6.45) is -0.220. The molecular formula is C21H17BrClF2N5O4S. The Balaban J connectivity index is 1.70. The third-order valence-electron chi connectivity index (χ3n) is 5.34. The normalized spacial score (nSPS) is 24.3. The lowest BCUT2D eigenvalue weighted by Crippen LogP contribution is -2.55. The van der Waals surface area contributed by atoms with E-state index >= 15 is 0 Å². The van der Waals surface area contributed by atoms with Gasteiger partial charge < -0.3 is 24.5 Å². The first-order valence-electron chi connectivity index (χ1n) is 10.0. The van der Waals surface area contributed by atoms with Crippen molar-refractivity contribution < 1.29 is 28.5 Å². The molecule has 1 saturated heterocycles. The molecule has 0 spiro atoms. The summed E-state index contributed by atoms with van der Waals surface area (Å²) in [6, 6.07) is 2.85. The molecule has 0 aliphatic carbocycles. The van der Waals surface area contributed by atoms with Crippen LogP contribution in [0.5, 0.6) is 0 Å². The van der Waals surface area contributed by atoms with Gasteiger partial charge in [-0.2, -0.15) is 0 Å². The third-order valence-corrected chi connectivity index (χ3v) is 7.30. The second-order valence-electron chi connectivity index (χ2n) is 7.45. The average Bonchev–Trinajstić information content (AvgIpc) is 3.32. The first-order chi connectivity index (χ1) is 16.8. The Labute approximate surface area is 216 Å². The summed E-state index contributed by atoms with van der Waals surface area (Å²) in [5.74, 6) is -1.76. The molecule has 14 heteroatoms. The summed E-state index contributed by atoms with van der Waals surface area (Å²) in [7, 11) is 1.41. The van der Waals surface area contributed by atoms with Gasteiger partial charge in [0, 0.05) is 17.6 Å². The van der Waals surface area contributed by atoms with Crippen LogP contribution >= 0.6 is 39.3 Å². The van der Waals surface area contributed by atoms with E-state index in [1.165, 1.54) is 24.2 Å². The molecule has 184 valence electrons. The van der Waals surface area contributed by atoms with Gasteiger partial charge in [0.1, 0.15) is 58.3 Å². The highest BCUT2D eigenvalue weighted by molar-refractivity contribution is 9.10. The molecule has 0 bridgehead atoms. The van der Waals surface area contributed by atoms with E-state index in [9.17, 15) is 19.0 Å². The number of halogens is 4. The van der Waals surface area contributed by atoms with Gasteiger partial charge in [0.15, 0.2) is 0 Å². The SMILES string of the molecule is [C-]#[N+]c1ncc(Br)cc1S[C@H]1OC(CO)[C@H](O)[C@H](n2cc(-c3cc(F)c(Cl)c(F)c3)nn2)C1OC. The van der Waals surface area contributed by atoms with Crippen molar-refractivity contribution in [2.24, 2.45) is 0 Å². The van der Waals surface area contributed by atoms with Gasteiger partial charge in [-0.05, 0) is 34.1 Å². The molecule has 5 atom stereocenters. The zero-order chi connectivity index (χ0) is 25.3. The van der Waals surface area contributed by atoms with Crippen molar-refractivity contribution in [3.8, 4) is 11.3 Å². The number of aromatic nitrogens is 4. The average molecular weight is 589 g/mol. The van der Waals surface area contributed by atoms with Gasteiger partial charge in [-0.15, -0.1) is 21.8 Å². The van der Waals surface area contributed by atoms with Crippen LogP contribution in [0.1, 0.15) is 6.04 Å². The van der Waals surface area contributed by atoms with Crippen molar-refractivity contribution >= 4 is 45.1 Å². The molecule has 2 aromatic heterocycles. The number of rotatable bonds is 6. The van der Waals surface area contributed by atoms with Crippen LogP contribution in [0.4, 0.5) is 14.6 Å². The third kappa shape index (κ3) is 5.19. The van der Waals surface area contributed by atoms with Crippen LogP contribution in [0, 0.1) is 18.2 Å². The summed E-state index contributed by atoms with van der Waals surface area (Å²) >= 11 is 10.0. The fourth-order valence-electron chi connectivity index (χ4n) is 3.68. The van der Waals surface area contributed by atoms with Crippen molar-refractivity contribution in [3.63, 3.8) is 0 Å². The quantitative estimate of drug-likeness (QED) is 0.329. The Hall–Kier alpha value is -2.18. The van der Waals surface area contributed by atoms with Crippen LogP contribution in [-0.2, 0) is 9.47 Å². The molecule has 0 radical (unpaired) electrons. The summed E-state index contributed by atoms with van der Waals surface area (Å²) in [5, 5.41) is 28.2. The second-order valence-corrected chi connectivity index (χ2v) is 9.88. The number of nitrogens with zero attached hydrogens (tertiary/aromatic N) is 5. The standard InChI is InChI=1S/C21H17BrClF2N5O4S/c1-26-20-15(5-10(22)6-27-20)35-21-19(33-2)17(18(32)14(8-31)34-21)30-7-13(28-29-30)9-3-11(24)16(23)12(25)4-9/h3-7,14,17-19,21,31-32H,8H2,2H3/t14?,17-,18-,19?,21+/m0/s1.